The Morgan fingerprint density at radius 2 is 2.21 bits per heavy atom. The number of nitrogens with two attached hydrogens (primary N) is 1. The molecule has 0 aliphatic carbocycles. The van der Waals surface area contributed by atoms with Gasteiger partial charge in [-0.15, -0.1) is 0 Å². The van der Waals surface area contributed by atoms with Crippen molar-refractivity contribution >= 4 is 11.6 Å². The molecule has 0 aliphatic rings. The predicted molar refractivity (Wildman–Crippen MR) is 52.9 cm³/mol. The number of carbonyl (C=O) groups excluding carboxylic acids is 1. The lowest BCUT2D eigenvalue weighted by atomic mass is 10.3. The van der Waals surface area contributed by atoms with E-state index in [-0.39, 0.29) is 0 Å². The number of para-hydroxylation sites is 1. The first-order valence-corrected chi connectivity index (χ1v) is 4.17. The van der Waals surface area contributed by atoms with E-state index in [1.807, 2.05) is 6.92 Å². The van der Waals surface area contributed by atoms with Gasteiger partial charge in [-0.25, -0.2) is 4.79 Å². The second-order valence-corrected chi connectivity index (χ2v) is 2.45. The Bertz CT molecular complexity index is 356. The third kappa shape index (κ3) is 2.28. The van der Waals surface area contributed by atoms with Crippen LogP contribution >= 0.6 is 0 Å². The van der Waals surface area contributed by atoms with Crippen molar-refractivity contribution in [1.82, 2.24) is 0 Å². The second kappa shape index (κ2) is 4.94. The van der Waals surface area contributed by atoms with Gasteiger partial charge in [0.15, 0.2) is 18.0 Å². The summed E-state index contributed by atoms with van der Waals surface area (Å²) in [6.45, 7) is 2.38. The molecule has 0 atom stereocenters. The molecule has 1 rings (SSSR count). The van der Waals surface area contributed by atoms with Crippen LogP contribution in [0.3, 0.4) is 0 Å². The highest BCUT2D eigenvalue weighted by molar-refractivity contribution is 5.63. The van der Waals surface area contributed by atoms with Gasteiger partial charge in [0.2, 0.25) is 0 Å². The van der Waals surface area contributed by atoms with E-state index >= 15 is 0 Å². The summed E-state index contributed by atoms with van der Waals surface area (Å²) in [5, 5.41) is 0. The van der Waals surface area contributed by atoms with E-state index < -0.39 is 0 Å². The Labute approximate surface area is 81.9 Å². The molecule has 1 aromatic rings. The van der Waals surface area contributed by atoms with Crippen molar-refractivity contribution in [2.75, 3.05) is 12.3 Å². The van der Waals surface area contributed by atoms with Crippen molar-refractivity contribution in [1.29, 1.82) is 0 Å². The summed E-state index contributed by atoms with van der Waals surface area (Å²) in [4.78, 5) is 9.92. The highest BCUT2D eigenvalue weighted by Gasteiger charge is 2.05. The van der Waals surface area contributed by atoms with E-state index in [9.17, 15) is 4.79 Å². The number of anilines is 1. The van der Waals surface area contributed by atoms with Crippen LogP contribution in [0.25, 0.3) is 0 Å². The first kappa shape index (κ1) is 10.2. The Hall–Kier alpha value is -1.93. The zero-order chi connectivity index (χ0) is 10.4. The average Bonchev–Trinajstić information content (AvgIpc) is 2.20. The van der Waals surface area contributed by atoms with E-state index in [1.54, 1.807) is 18.2 Å². The van der Waals surface area contributed by atoms with E-state index in [0.717, 1.165) is 6.26 Å². The standard InChI is InChI=1S/C10H11NO3/c1-2-13-8-4-3-5-9(10(8)11)14-7-6-12/h3-5,7H,2,11H2,1H3. The van der Waals surface area contributed by atoms with Crippen LogP contribution in [0.2, 0.25) is 0 Å². The monoisotopic (exact) mass is 193 g/mol. The number of benzene rings is 1. The van der Waals surface area contributed by atoms with Crippen LogP contribution in [0.5, 0.6) is 11.5 Å². The third-order valence-electron chi connectivity index (χ3n) is 1.56. The normalized spacial score (nSPS) is 8.93. The fraction of sp³-hybridized carbons (Fsp3) is 0.200. The minimum Gasteiger partial charge on any atom is -0.492 e. The molecule has 0 aromatic heterocycles. The zero-order valence-electron chi connectivity index (χ0n) is 7.82. The molecule has 0 bridgehead atoms. The Kier molecular flexibility index (Phi) is 3.58. The maximum absolute atomic E-state index is 9.92. The quantitative estimate of drug-likeness (QED) is 0.446. The van der Waals surface area contributed by atoms with Gasteiger partial charge in [0.1, 0.15) is 11.4 Å². The molecule has 0 amide bonds. The van der Waals surface area contributed by atoms with Crippen LogP contribution in [0, 0.1) is 0 Å². The van der Waals surface area contributed by atoms with Crippen molar-refractivity contribution in [3.05, 3.63) is 24.5 Å². The van der Waals surface area contributed by atoms with Gasteiger partial charge in [0, 0.05) is 0 Å². The van der Waals surface area contributed by atoms with Gasteiger partial charge >= 0.3 is 0 Å². The predicted octanol–water partition coefficient (Wildman–Crippen LogP) is 1.39. The lowest BCUT2D eigenvalue weighted by Gasteiger charge is -2.09. The second-order valence-electron chi connectivity index (χ2n) is 2.45. The van der Waals surface area contributed by atoms with Crippen LogP contribution in [-0.2, 0) is 4.79 Å². The summed E-state index contributed by atoms with van der Waals surface area (Å²) in [6.07, 6.45) is 0.904. The molecule has 0 saturated heterocycles. The van der Waals surface area contributed by atoms with E-state index in [2.05, 4.69) is 0 Å². The minimum atomic E-state index is 0.376. The maximum atomic E-state index is 9.92. The lowest BCUT2D eigenvalue weighted by molar-refractivity contribution is 0.340. The van der Waals surface area contributed by atoms with E-state index in [0.29, 0.717) is 23.8 Å². The van der Waals surface area contributed by atoms with Crippen molar-refractivity contribution in [3.8, 4) is 11.5 Å². The molecule has 0 fully saturated rings. The Balaban J connectivity index is 2.94. The fourth-order valence-electron chi connectivity index (χ4n) is 0.996. The van der Waals surface area contributed by atoms with Crippen LogP contribution in [0.15, 0.2) is 24.5 Å². The highest BCUT2D eigenvalue weighted by atomic mass is 16.5. The van der Waals surface area contributed by atoms with Gasteiger partial charge in [-0.1, -0.05) is 6.07 Å². The first-order chi connectivity index (χ1) is 6.79. The average molecular weight is 193 g/mol. The molecule has 4 nitrogen and oxygen atoms in total. The van der Waals surface area contributed by atoms with Crippen molar-refractivity contribution < 1.29 is 14.3 Å². The number of hydrogen-bond donors (Lipinski definition) is 1. The SMILES string of the molecule is CCOc1cccc(OC=C=O)c1N. The summed E-state index contributed by atoms with van der Waals surface area (Å²) in [5.41, 5.74) is 6.09. The molecule has 14 heavy (non-hydrogen) atoms. The van der Waals surface area contributed by atoms with Gasteiger partial charge in [-0.3, -0.25) is 0 Å². The van der Waals surface area contributed by atoms with Crippen molar-refractivity contribution in [2.45, 2.75) is 6.92 Å². The third-order valence-corrected chi connectivity index (χ3v) is 1.56. The Morgan fingerprint density at radius 3 is 2.86 bits per heavy atom. The minimum absolute atomic E-state index is 0.376. The molecular formula is C10H11NO3. The molecule has 2 N–H and O–H groups in total. The zero-order valence-corrected chi connectivity index (χ0v) is 7.82. The first-order valence-electron chi connectivity index (χ1n) is 4.17. The molecule has 74 valence electrons. The molecule has 0 unspecified atom stereocenters. The molecule has 0 saturated carbocycles. The largest absolute Gasteiger partial charge is 0.492 e. The van der Waals surface area contributed by atoms with Crippen LogP contribution in [-0.4, -0.2) is 12.5 Å². The van der Waals surface area contributed by atoms with Gasteiger partial charge < -0.3 is 15.2 Å². The van der Waals surface area contributed by atoms with Crippen molar-refractivity contribution in [3.63, 3.8) is 0 Å². The van der Waals surface area contributed by atoms with Gasteiger partial charge in [-0.05, 0) is 19.1 Å². The van der Waals surface area contributed by atoms with Gasteiger partial charge in [-0.2, -0.15) is 0 Å². The fourth-order valence-corrected chi connectivity index (χ4v) is 0.996. The molecule has 0 heterocycles. The summed E-state index contributed by atoms with van der Waals surface area (Å²) in [7, 11) is 0. The van der Waals surface area contributed by atoms with Crippen molar-refractivity contribution in [2.24, 2.45) is 0 Å². The molecule has 1 aromatic carbocycles. The van der Waals surface area contributed by atoms with Crippen LogP contribution < -0.4 is 15.2 Å². The Morgan fingerprint density at radius 1 is 1.50 bits per heavy atom. The molecule has 4 heteroatoms. The highest BCUT2D eigenvalue weighted by Crippen LogP contribution is 2.31. The maximum Gasteiger partial charge on any atom is 0.174 e. The summed E-state index contributed by atoms with van der Waals surface area (Å²) < 4.78 is 10.2. The summed E-state index contributed by atoms with van der Waals surface area (Å²) in [6, 6.07) is 5.11. The lowest BCUT2D eigenvalue weighted by Crippen LogP contribution is -1.98. The number of nitrogen functional groups attached to an aromatic ring is 1. The van der Waals surface area contributed by atoms with Crippen LogP contribution in [0.1, 0.15) is 6.92 Å². The van der Waals surface area contributed by atoms with Gasteiger partial charge in [0.25, 0.3) is 0 Å². The molecule has 0 spiro atoms. The molecule has 0 radical (unpaired) electrons. The number of hydrogen-bond acceptors (Lipinski definition) is 4. The number of ether oxygens (including phenoxy) is 2. The molecule has 0 aliphatic heterocycles. The number of rotatable bonds is 4. The van der Waals surface area contributed by atoms with Crippen LogP contribution in [0.4, 0.5) is 5.69 Å². The smallest absolute Gasteiger partial charge is 0.174 e. The summed E-state index contributed by atoms with van der Waals surface area (Å²) >= 11 is 0. The van der Waals surface area contributed by atoms with E-state index in [1.165, 1.54) is 5.94 Å². The topological polar surface area (TPSA) is 61.5 Å². The summed E-state index contributed by atoms with van der Waals surface area (Å²) in [5.74, 6) is 2.44. The molecular weight excluding hydrogens is 182 g/mol. The van der Waals surface area contributed by atoms with Gasteiger partial charge in [0.05, 0.1) is 6.61 Å². The van der Waals surface area contributed by atoms with E-state index in [4.69, 9.17) is 15.2 Å².